The molecular formula is C19H22N6O2. The summed E-state index contributed by atoms with van der Waals surface area (Å²) in [5.41, 5.74) is 1.89. The number of hydrogen-bond acceptors (Lipinski definition) is 6. The molecule has 3 amide bonds. The van der Waals surface area contributed by atoms with Crippen LogP contribution < -0.4 is 10.2 Å². The predicted octanol–water partition coefficient (Wildman–Crippen LogP) is 1.38. The van der Waals surface area contributed by atoms with Crippen LogP contribution in [0, 0.1) is 0 Å². The van der Waals surface area contributed by atoms with Crippen LogP contribution in [0.4, 0.5) is 10.7 Å². The summed E-state index contributed by atoms with van der Waals surface area (Å²) in [6, 6.07) is 1.27. The topological polar surface area (TPSA) is 81.7 Å². The monoisotopic (exact) mass is 366 g/mol. The van der Waals surface area contributed by atoms with Gasteiger partial charge in [0.15, 0.2) is 0 Å². The van der Waals surface area contributed by atoms with Gasteiger partial charge in [-0.1, -0.05) is 19.2 Å². The van der Waals surface area contributed by atoms with Crippen LogP contribution in [0.1, 0.15) is 5.69 Å². The fourth-order valence-electron chi connectivity index (χ4n) is 2.99. The average Bonchev–Trinajstić information content (AvgIpc) is 2.92. The summed E-state index contributed by atoms with van der Waals surface area (Å²) in [6.07, 6.45) is 8.76. The number of likely N-dealkylation sites (N-methyl/N-ethyl adjacent to an activating group) is 1. The zero-order valence-electron chi connectivity index (χ0n) is 15.3. The van der Waals surface area contributed by atoms with E-state index in [0.29, 0.717) is 11.6 Å². The molecule has 0 atom stereocenters. The van der Waals surface area contributed by atoms with E-state index in [1.807, 2.05) is 12.2 Å². The fraction of sp³-hybridized carbons (Fsp3) is 0.263. The Balaban J connectivity index is 1.73. The lowest BCUT2D eigenvalue weighted by Crippen LogP contribution is -2.46. The second-order valence-corrected chi connectivity index (χ2v) is 6.13. The van der Waals surface area contributed by atoms with Crippen LogP contribution in [0.5, 0.6) is 0 Å². The van der Waals surface area contributed by atoms with Gasteiger partial charge in [-0.2, -0.15) is 0 Å². The van der Waals surface area contributed by atoms with Crippen LogP contribution in [0.25, 0.3) is 6.08 Å². The van der Waals surface area contributed by atoms with E-state index in [-0.39, 0.29) is 5.70 Å². The number of nitrogens with one attached hydrogen (secondary N) is 1. The standard InChI is InChI=1S/C19H22N6O2/c1-4-6-15(5-2)24-9-11-25(12-10-24)18-20-8-7-14(21-18)13-16-17(26)22-19(27)23(16)3/h4-8,13H,1-2,9-12H2,3H3,(H,22,26,27). The maximum absolute atomic E-state index is 11.8. The van der Waals surface area contributed by atoms with E-state index < -0.39 is 11.9 Å². The third-order valence-corrected chi connectivity index (χ3v) is 4.49. The molecule has 1 aromatic rings. The minimum Gasteiger partial charge on any atom is -0.368 e. The van der Waals surface area contributed by atoms with E-state index >= 15 is 0 Å². The minimum absolute atomic E-state index is 0.264. The van der Waals surface area contributed by atoms with Crippen LogP contribution in [-0.2, 0) is 4.79 Å². The van der Waals surface area contributed by atoms with Gasteiger partial charge in [0.1, 0.15) is 5.70 Å². The molecule has 8 nitrogen and oxygen atoms in total. The molecule has 27 heavy (non-hydrogen) atoms. The molecule has 2 saturated heterocycles. The number of carbonyl (C=O) groups excluding carboxylic acids is 2. The highest BCUT2D eigenvalue weighted by atomic mass is 16.2. The molecule has 0 radical (unpaired) electrons. The number of nitrogens with zero attached hydrogens (tertiary/aromatic N) is 5. The second-order valence-electron chi connectivity index (χ2n) is 6.13. The molecule has 3 rings (SSSR count). The van der Waals surface area contributed by atoms with Crippen molar-refractivity contribution in [1.82, 2.24) is 25.1 Å². The summed E-state index contributed by atoms with van der Waals surface area (Å²) in [6.45, 7) is 10.7. The van der Waals surface area contributed by atoms with Crippen molar-refractivity contribution < 1.29 is 9.59 Å². The molecule has 1 aromatic heterocycles. The summed E-state index contributed by atoms with van der Waals surface area (Å²) < 4.78 is 0. The van der Waals surface area contributed by atoms with Crippen molar-refractivity contribution in [3.8, 4) is 0 Å². The van der Waals surface area contributed by atoms with Crippen molar-refractivity contribution >= 4 is 24.0 Å². The smallest absolute Gasteiger partial charge is 0.328 e. The number of rotatable bonds is 5. The Morgan fingerprint density at radius 2 is 1.96 bits per heavy atom. The Hall–Kier alpha value is -3.42. The van der Waals surface area contributed by atoms with Crippen LogP contribution in [0.2, 0.25) is 0 Å². The zero-order chi connectivity index (χ0) is 19.4. The molecule has 2 aliphatic heterocycles. The van der Waals surface area contributed by atoms with Gasteiger partial charge in [-0.3, -0.25) is 15.0 Å². The number of amides is 3. The number of hydrogen-bond donors (Lipinski definition) is 1. The van der Waals surface area contributed by atoms with Crippen LogP contribution in [0.3, 0.4) is 0 Å². The van der Waals surface area contributed by atoms with Gasteiger partial charge in [-0.25, -0.2) is 14.8 Å². The van der Waals surface area contributed by atoms with Crippen molar-refractivity contribution in [1.29, 1.82) is 0 Å². The number of allylic oxidation sites excluding steroid dienone is 3. The summed E-state index contributed by atoms with van der Waals surface area (Å²) in [5.74, 6) is 0.173. The Morgan fingerprint density at radius 1 is 1.22 bits per heavy atom. The maximum atomic E-state index is 11.8. The third kappa shape index (κ3) is 3.89. The Bertz CT molecular complexity index is 836. The molecule has 8 heteroatoms. The Kier molecular flexibility index (Phi) is 5.35. The number of piperazine rings is 1. The van der Waals surface area contributed by atoms with Gasteiger partial charge in [-0.05, 0) is 24.3 Å². The first-order valence-corrected chi connectivity index (χ1v) is 8.62. The fourth-order valence-corrected chi connectivity index (χ4v) is 2.99. The normalized spacial score (nSPS) is 19.5. The molecule has 0 saturated carbocycles. The van der Waals surface area contributed by atoms with E-state index in [9.17, 15) is 9.59 Å². The van der Waals surface area contributed by atoms with Crippen LogP contribution >= 0.6 is 0 Å². The predicted molar refractivity (Wildman–Crippen MR) is 104 cm³/mol. The van der Waals surface area contributed by atoms with Crippen LogP contribution in [0.15, 0.2) is 55.0 Å². The van der Waals surface area contributed by atoms with E-state index in [1.165, 1.54) is 4.90 Å². The molecule has 0 spiro atoms. The molecule has 0 aromatic carbocycles. The first-order valence-electron chi connectivity index (χ1n) is 8.62. The average molecular weight is 366 g/mol. The van der Waals surface area contributed by atoms with Crippen molar-refractivity contribution in [2.75, 3.05) is 38.1 Å². The van der Waals surface area contributed by atoms with Gasteiger partial charge in [-0.15, -0.1) is 0 Å². The van der Waals surface area contributed by atoms with Crippen molar-refractivity contribution in [2.45, 2.75) is 0 Å². The van der Waals surface area contributed by atoms with E-state index in [4.69, 9.17) is 0 Å². The number of imide groups is 1. The lowest BCUT2D eigenvalue weighted by Gasteiger charge is -2.36. The van der Waals surface area contributed by atoms with Crippen molar-refractivity contribution in [2.24, 2.45) is 0 Å². The molecule has 0 unspecified atom stereocenters. The van der Waals surface area contributed by atoms with Crippen molar-refractivity contribution in [3.63, 3.8) is 0 Å². The van der Waals surface area contributed by atoms with E-state index in [0.717, 1.165) is 31.9 Å². The summed E-state index contributed by atoms with van der Waals surface area (Å²) in [5, 5.41) is 2.25. The van der Waals surface area contributed by atoms with Gasteiger partial charge in [0, 0.05) is 45.1 Å². The van der Waals surface area contributed by atoms with E-state index in [1.54, 1.807) is 31.5 Å². The van der Waals surface area contributed by atoms with Gasteiger partial charge in [0.2, 0.25) is 5.95 Å². The highest BCUT2D eigenvalue weighted by Gasteiger charge is 2.29. The molecule has 2 fully saturated rings. The maximum Gasteiger partial charge on any atom is 0.328 e. The van der Waals surface area contributed by atoms with E-state index in [2.05, 4.69) is 38.2 Å². The lowest BCUT2D eigenvalue weighted by atomic mass is 10.2. The lowest BCUT2D eigenvalue weighted by molar-refractivity contribution is -0.115. The highest BCUT2D eigenvalue weighted by molar-refractivity contribution is 6.13. The molecule has 1 N–H and O–H groups in total. The molecule has 140 valence electrons. The Morgan fingerprint density at radius 3 is 2.56 bits per heavy atom. The quantitative estimate of drug-likeness (QED) is 0.482. The van der Waals surface area contributed by atoms with Crippen molar-refractivity contribution in [3.05, 3.63) is 60.7 Å². The third-order valence-electron chi connectivity index (χ3n) is 4.49. The number of urea groups is 1. The van der Waals surface area contributed by atoms with Gasteiger partial charge in [0.25, 0.3) is 5.91 Å². The number of carbonyl (C=O) groups is 2. The highest BCUT2D eigenvalue weighted by Crippen LogP contribution is 2.18. The SMILES string of the molecule is C=CC=C(C=C)N1CCN(c2nccc(C=C3C(=O)NC(=O)N3C)n2)CC1. The molecular weight excluding hydrogens is 344 g/mol. The molecule has 3 heterocycles. The molecule has 2 aliphatic rings. The first-order chi connectivity index (χ1) is 13.0. The second kappa shape index (κ2) is 7.86. The van der Waals surface area contributed by atoms with Gasteiger partial charge >= 0.3 is 6.03 Å². The zero-order valence-corrected chi connectivity index (χ0v) is 15.3. The van der Waals surface area contributed by atoms with Gasteiger partial charge in [0.05, 0.1) is 5.69 Å². The van der Waals surface area contributed by atoms with Gasteiger partial charge < -0.3 is 9.80 Å². The first kappa shape index (κ1) is 18.4. The summed E-state index contributed by atoms with van der Waals surface area (Å²) in [4.78, 5) is 37.9. The number of aromatic nitrogens is 2. The largest absolute Gasteiger partial charge is 0.368 e. The summed E-state index contributed by atoms with van der Waals surface area (Å²) >= 11 is 0. The molecule has 0 bridgehead atoms. The number of anilines is 1. The Labute approximate surface area is 158 Å². The summed E-state index contributed by atoms with van der Waals surface area (Å²) in [7, 11) is 1.54. The minimum atomic E-state index is -0.442. The van der Waals surface area contributed by atoms with Crippen LogP contribution in [-0.4, -0.2) is 64.9 Å². The molecule has 0 aliphatic carbocycles.